The van der Waals surface area contributed by atoms with Crippen LogP contribution < -0.4 is 10.6 Å². The minimum Gasteiger partial charge on any atom is -0.360 e. The molecule has 9 heteroatoms. The van der Waals surface area contributed by atoms with Crippen molar-refractivity contribution in [3.05, 3.63) is 40.2 Å². The average molecular weight is 292 g/mol. The molecule has 1 aromatic heterocycles. The largest absolute Gasteiger partial charge is 0.416 e. The second-order valence-electron chi connectivity index (χ2n) is 3.79. The first-order valence-electron chi connectivity index (χ1n) is 4.86. The lowest BCUT2D eigenvalue weighted by molar-refractivity contribution is -0.137. The van der Waals surface area contributed by atoms with Gasteiger partial charge in [-0.05, 0) is 18.2 Å². The quantitative estimate of drug-likeness (QED) is 0.827. The highest BCUT2D eigenvalue weighted by molar-refractivity contribution is 7.89. The van der Waals surface area contributed by atoms with Gasteiger partial charge in [-0.15, -0.1) is 0 Å². The second kappa shape index (κ2) is 4.07. The number of halogens is 3. The van der Waals surface area contributed by atoms with Gasteiger partial charge >= 0.3 is 6.18 Å². The molecular weight excluding hydrogens is 285 g/mol. The molecule has 3 N–H and O–H groups in total. The van der Waals surface area contributed by atoms with Crippen molar-refractivity contribution in [3.8, 4) is 0 Å². The van der Waals surface area contributed by atoms with Gasteiger partial charge in [-0.2, -0.15) is 13.2 Å². The fraction of sp³-hybridized carbons (Fsp3) is 0.100. The number of rotatable bonds is 1. The van der Waals surface area contributed by atoms with E-state index in [2.05, 4.69) is 4.98 Å². The predicted octanol–water partition coefficient (Wildman–Crippen LogP) is 1.19. The van der Waals surface area contributed by atoms with Gasteiger partial charge in [0.15, 0.2) is 0 Å². The molecule has 2 rings (SSSR count). The van der Waals surface area contributed by atoms with Crippen molar-refractivity contribution in [1.29, 1.82) is 0 Å². The van der Waals surface area contributed by atoms with Gasteiger partial charge in [-0.1, -0.05) is 0 Å². The van der Waals surface area contributed by atoms with Crippen molar-refractivity contribution in [2.24, 2.45) is 5.14 Å². The zero-order chi connectivity index (χ0) is 14.4. The highest BCUT2D eigenvalue weighted by Crippen LogP contribution is 2.30. The maximum Gasteiger partial charge on any atom is 0.416 e. The molecule has 0 radical (unpaired) electrons. The fourth-order valence-corrected chi connectivity index (χ4v) is 2.18. The maximum absolute atomic E-state index is 12.5. The van der Waals surface area contributed by atoms with Crippen molar-refractivity contribution in [2.75, 3.05) is 0 Å². The molecule has 19 heavy (non-hydrogen) atoms. The number of nitrogens with one attached hydrogen (secondary N) is 1. The summed E-state index contributed by atoms with van der Waals surface area (Å²) < 4.78 is 59.6. The number of nitrogens with two attached hydrogens (primary N) is 1. The first-order chi connectivity index (χ1) is 8.60. The van der Waals surface area contributed by atoms with Gasteiger partial charge in [0.25, 0.3) is 0 Å². The summed E-state index contributed by atoms with van der Waals surface area (Å²) in [6.07, 6.45) is -3.77. The van der Waals surface area contributed by atoms with Crippen LogP contribution in [0.2, 0.25) is 0 Å². The third-order valence-electron chi connectivity index (χ3n) is 2.48. The Morgan fingerprint density at radius 2 is 1.84 bits per heavy atom. The summed E-state index contributed by atoms with van der Waals surface area (Å²) in [6, 6.07) is 2.33. The van der Waals surface area contributed by atoms with Gasteiger partial charge in [-0.25, -0.2) is 13.6 Å². The molecule has 0 bridgehead atoms. The maximum atomic E-state index is 12.5. The third-order valence-corrected chi connectivity index (χ3v) is 3.40. The molecular formula is C10H7F3N2O3S. The summed E-state index contributed by atoms with van der Waals surface area (Å²) in [5.41, 5.74) is -2.00. The van der Waals surface area contributed by atoms with E-state index in [4.69, 9.17) is 5.14 Å². The van der Waals surface area contributed by atoms with Crippen LogP contribution in [0.25, 0.3) is 10.9 Å². The van der Waals surface area contributed by atoms with E-state index in [0.29, 0.717) is 6.07 Å². The number of fused-ring (bicyclic) bond motifs is 1. The van der Waals surface area contributed by atoms with Gasteiger partial charge in [0, 0.05) is 17.1 Å². The Kier molecular flexibility index (Phi) is 2.90. The molecule has 0 amide bonds. The van der Waals surface area contributed by atoms with Gasteiger partial charge in [0.1, 0.15) is 4.90 Å². The summed E-state index contributed by atoms with van der Waals surface area (Å²) in [4.78, 5) is 13.4. The van der Waals surface area contributed by atoms with E-state index in [1.165, 1.54) is 0 Å². The van der Waals surface area contributed by atoms with Crippen molar-refractivity contribution in [1.82, 2.24) is 4.98 Å². The van der Waals surface area contributed by atoms with E-state index in [0.717, 1.165) is 18.3 Å². The molecule has 1 aromatic carbocycles. The zero-order valence-corrected chi connectivity index (χ0v) is 9.97. The Morgan fingerprint density at radius 3 is 2.37 bits per heavy atom. The summed E-state index contributed by atoms with van der Waals surface area (Å²) >= 11 is 0. The monoisotopic (exact) mass is 292 g/mol. The average Bonchev–Trinajstić information content (AvgIpc) is 2.26. The van der Waals surface area contributed by atoms with Gasteiger partial charge in [-0.3, -0.25) is 4.79 Å². The molecule has 0 aliphatic heterocycles. The first kappa shape index (κ1) is 13.6. The van der Waals surface area contributed by atoms with E-state index in [1.54, 1.807) is 0 Å². The number of aromatic nitrogens is 1. The molecule has 0 saturated carbocycles. The van der Waals surface area contributed by atoms with E-state index >= 15 is 0 Å². The number of hydrogen-bond acceptors (Lipinski definition) is 3. The Labute approximate surface area is 104 Å². The lowest BCUT2D eigenvalue weighted by Crippen LogP contribution is -2.22. The number of primary sulfonamides is 1. The Balaban J connectivity index is 2.78. The van der Waals surface area contributed by atoms with E-state index in [9.17, 15) is 26.4 Å². The normalized spacial score (nSPS) is 12.8. The number of sulfonamides is 1. The summed E-state index contributed by atoms with van der Waals surface area (Å²) in [5.74, 6) is 0. The second-order valence-corrected chi connectivity index (χ2v) is 5.32. The van der Waals surface area contributed by atoms with Crippen LogP contribution in [-0.2, 0) is 16.2 Å². The molecule has 0 fully saturated rings. The van der Waals surface area contributed by atoms with Gasteiger partial charge in [0.2, 0.25) is 15.5 Å². The zero-order valence-electron chi connectivity index (χ0n) is 9.15. The molecule has 0 unspecified atom stereocenters. The fourth-order valence-electron chi connectivity index (χ4n) is 1.59. The van der Waals surface area contributed by atoms with Crippen LogP contribution in [0.15, 0.2) is 34.1 Å². The van der Waals surface area contributed by atoms with Crippen LogP contribution in [0.5, 0.6) is 0 Å². The Bertz CT molecular complexity index is 809. The van der Waals surface area contributed by atoms with Crippen molar-refractivity contribution >= 4 is 20.9 Å². The van der Waals surface area contributed by atoms with Crippen molar-refractivity contribution in [2.45, 2.75) is 11.1 Å². The molecule has 0 spiro atoms. The predicted molar refractivity (Wildman–Crippen MR) is 60.9 cm³/mol. The molecule has 1 heterocycles. The molecule has 2 aromatic rings. The highest BCUT2D eigenvalue weighted by atomic mass is 32.2. The van der Waals surface area contributed by atoms with Crippen LogP contribution in [-0.4, -0.2) is 13.4 Å². The number of benzene rings is 1. The minimum absolute atomic E-state index is 0.118. The molecule has 0 aliphatic carbocycles. The summed E-state index contributed by atoms with van der Waals surface area (Å²) in [5, 5.41) is 4.64. The smallest absolute Gasteiger partial charge is 0.360 e. The van der Waals surface area contributed by atoms with Crippen molar-refractivity contribution in [3.63, 3.8) is 0 Å². The van der Waals surface area contributed by atoms with Crippen LogP contribution in [0, 0.1) is 0 Å². The number of aromatic amines is 1. The molecule has 0 atom stereocenters. The number of alkyl halides is 3. The van der Waals surface area contributed by atoms with Gasteiger partial charge in [0.05, 0.1) is 5.56 Å². The molecule has 0 aliphatic rings. The Hall–Kier alpha value is -1.87. The first-order valence-corrected chi connectivity index (χ1v) is 6.41. The minimum atomic E-state index is -4.55. The van der Waals surface area contributed by atoms with Crippen LogP contribution >= 0.6 is 0 Å². The van der Waals surface area contributed by atoms with Gasteiger partial charge < -0.3 is 4.98 Å². The highest BCUT2D eigenvalue weighted by Gasteiger charge is 2.30. The summed E-state index contributed by atoms with van der Waals surface area (Å²) in [6.45, 7) is 0. The van der Waals surface area contributed by atoms with E-state index < -0.39 is 32.1 Å². The number of hydrogen-bond donors (Lipinski definition) is 2. The van der Waals surface area contributed by atoms with Crippen molar-refractivity contribution < 1.29 is 21.6 Å². The lowest BCUT2D eigenvalue weighted by Gasteiger charge is -2.08. The van der Waals surface area contributed by atoms with Crippen LogP contribution in [0.4, 0.5) is 13.2 Å². The number of pyridine rings is 1. The Morgan fingerprint density at radius 1 is 1.21 bits per heavy atom. The SMILES string of the molecule is NS(=O)(=O)c1c[nH]c2cc(C(F)(F)F)ccc2c1=O. The number of H-pyrrole nitrogens is 1. The van der Waals surface area contributed by atoms with E-state index in [1.807, 2.05) is 0 Å². The van der Waals surface area contributed by atoms with E-state index in [-0.39, 0.29) is 10.9 Å². The van der Waals surface area contributed by atoms with Crippen LogP contribution in [0.3, 0.4) is 0 Å². The molecule has 0 saturated heterocycles. The van der Waals surface area contributed by atoms with Crippen LogP contribution in [0.1, 0.15) is 5.56 Å². The topological polar surface area (TPSA) is 93.0 Å². The lowest BCUT2D eigenvalue weighted by atomic mass is 10.1. The third kappa shape index (κ3) is 2.47. The summed E-state index contributed by atoms with van der Waals surface area (Å²) in [7, 11) is -4.23. The molecule has 5 nitrogen and oxygen atoms in total. The standard InChI is InChI=1S/C10H7F3N2O3S/c11-10(12,13)5-1-2-6-7(3-5)15-4-8(9(6)16)19(14,17)18/h1-4H,(H,15,16)(H2,14,17,18). The molecule has 102 valence electrons.